The molecule has 148 valence electrons. The summed E-state index contributed by atoms with van der Waals surface area (Å²) < 4.78 is 32.4. The average Bonchev–Trinajstić information content (AvgIpc) is 2.63. The summed E-state index contributed by atoms with van der Waals surface area (Å²) in [6.45, 7) is 2.79. The average molecular weight is 491 g/mol. The van der Waals surface area contributed by atoms with Crippen LogP contribution in [0.2, 0.25) is 0 Å². The Balaban J connectivity index is 0.00000364. The van der Waals surface area contributed by atoms with Crippen molar-refractivity contribution >= 4 is 29.9 Å². The molecule has 8 heteroatoms. The maximum absolute atomic E-state index is 13.4. The van der Waals surface area contributed by atoms with Gasteiger partial charge in [0.05, 0.1) is 6.54 Å². The van der Waals surface area contributed by atoms with Gasteiger partial charge in [0.25, 0.3) is 0 Å². The van der Waals surface area contributed by atoms with Gasteiger partial charge in [0.1, 0.15) is 17.7 Å². The summed E-state index contributed by atoms with van der Waals surface area (Å²) in [7, 11) is 1.63. The summed E-state index contributed by atoms with van der Waals surface area (Å²) in [4.78, 5) is 4.11. The molecule has 0 amide bonds. The molecule has 2 aromatic carbocycles. The van der Waals surface area contributed by atoms with Crippen molar-refractivity contribution in [1.29, 1.82) is 0 Å². The van der Waals surface area contributed by atoms with E-state index in [1.165, 1.54) is 24.3 Å². The molecule has 0 aliphatic heterocycles. The van der Waals surface area contributed by atoms with Crippen LogP contribution in [-0.2, 0) is 6.54 Å². The van der Waals surface area contributed by atoms with Gasteiger partial charge in [-0.05, 0) is 36.2 Å². The van der Waals surface area contributed by atoms with Gasteiger partial charge in [-0.2, -0.15) is 0 Å². The summed E-state index contributed by atoms with van der Waals surface area (Å²) in [6.07, 6.45) is 0.561. The highest BCUT2D eigenvalue weighted by Crippen LogP contribution is 2.16. The first-order valence-corrected chi connectivity index (χ1v) is 8.36. The van der Waals surface area contributed by atoms with Crippen LogP contribution in [-0.4, -0.2) is 30.8 Å². The van der Waals surface area contributed by atoms with E-state index in [1.807, 2.05) is 6.92 Å². The predicted molar refractivity (Wildman–Crippen MR) is 113 cm³/mol. The third-order valence-corrected chi connectivity index (χ3v) is 3.75. The van der Waals surface area contributed by atoms with Gasteiger partial charge in [0.2, 0.25) is 0 Å². The molecule has 0 aromatic heterocycles. The minimum absolute atomic E-state index is 0. The summed E-state index contributed by atoms with van der Waals surface area (Å²) in [5.74, 6) is -0.386. The molecule has 0 radical (unpaired) electrons. The number of aliphatic imine (C=N–C) groups is 1. The first-order chi connectivity index (χ1) is 12.5. The molecule has 3 N–H and O–H groups in total. The number of halogens is 3. The highest BCUT2D eigenvalue weighted by atomic mass is 127. The molecule has 0 spiro atoms. The highest BCUT2D eigenvalue weighted by molar-refractivity contribution is 14.0. The van der Waals surface area contributed by atoms with Crippen LogP contribution < -0.4 is 15.4 Å². The Labute approximate surface area is 174 Å². The molecule has 27 heavy (non-hydrogen) atoms. The second-order valence-corrected chi connectivity index (χ2v) is 5.70. The summed E-state index contributed by atoms with van der Waals surface area (Å²) in [5.41, 5.74) is 0.673. The van der Waals surface area contributed by atoms with E-state index >= 15 is 0 Å². The van der Waals surface area contributed by atoms with Crippen molar-refractivity contribution in [2.24, 2.45) is 4.99 Å². The van der Waals surface area contributed by atoms with Crippen molar-refractivity contribution in [2.75, 3.05) is 13.6 Å². The van der Waals surface area contributed by atoms with Gasteiger partial charge in [-0.25, -0.2) is 8.78 Å². The summed E-state index contributed by atoms with van der Waals surface area (Å²) in [5, 5.41) is 15.4. The van der Waals surface area contributed by atoms with Crippen molar-refractivity contribution in [3.63, 3.8) is 0 Å². The number of phenols is 1. The fraction of sp³-hybridized carbons (Fsp3) is 0.316. The fourth-order valence-electron chi connectivity index (χ4n) is 2.28. The molecule has 0 fully saturated rings. The van der Waals surface area contributed by atoms with E-state index in [2.05, 4.69) is 15.6 Å². The standard InChI is InChI=1S/C19H23F2N3O2.HI/c1-3-15(26-16-6-4-5-14(20)10-16)12-24-19(22-2)23-11-13-7-8-18(25)17(21)9-13;/h4-10,15,25H,3,11-12H2,1-2H3,(H2,22,23,24);1H. The van der Waals surface area contributed by atoms with E-state index in [1.54, 1.807) is 25.2 Å². The van der Waals surface area contributed by atoms with Gasteiger partial charge in [-0.15, -0.1) is 24.0 Å². The van der Waals surface area contributed by atoms with Gasteiger partial charge in [0, 0.05) is 19.7 Å². The Hall–Kier alpha value is -2.10. The number of nitrogens with one attached hydrogen (secondary N) is 2. The third kappa shape index (κ3) is 7.58. The van der Waals surface area contributed by atoms with Gasteiger partial charge < -0.3 is 20.5 Å². The topological polar surface area (TPSA) is 65.9 Å². The molecule has 5 nitrogen and oxygen atoms in total. The van der Waals surface area contributed by atoms with Gasteiger partial charge in [0.15, 0.2) is 17.5 Å². The number of hydrogen-bond donors (Lipinski definition) is 3. The first-order valence-electron chi connectivity index (χ1n) is 8.36. The van der Waals surface area contributed by atoms with Crippen LogP contribution in [0.4, 0.5) is 8.78 Å². The Morgan fingerprint density at radius 2 is 1.96 bits per heavy atom. The minimum Gasteiger partial charge on any atom is -0.505 e. The maximum atomic E-state index is 13.4. The van der Waals surface area contributed by atoms with E-state index in [0.717, 1.165) is 6.42 Å². The van der Waals surface area contributed by atoms with Gasteiger partial charge in [-0.3, -0.25) is 4.99 Å². The van der Waals surface area contributed by atoms with Crippen LogP contribution in [0, 0.1) is 11.6 Å². The SMILES string of the molecule is CCC(CNC(=NC)NCc1ccc(O)c(F)c1)Oc1cccc(F)c1.I. The van der Waals surface area contributed by atoms with Crippen molar-refractivity contribution in [3.8, 4) is 11.5 Å². The quantitative estimate of drug-likeness (QED) is 0.313. The van der Waals surface area contributed by atoms with E-state index in [-0.39, 0.29) is 41.6 Å². The van der Waals surface area contributed by atoms with Gasteiger partial charge >= 0.3 is 0 Å². The molecule has 2 aromatic rings. The molecule has 0 heterocycles. The fourth-order valence-corrected chi connectivity index (χ4v) is 2.28. The Kier molecular flexibility index (Phi) is 9.84. The van der Waals surface area contributed by atoms with Crippen LogP contribution in [0.5, 0.6) is 11.5 Å². The Bertz CT molecular complexity index is 759. The van der Waals surface area contributed by atoms with Gasteiger partial charge in [-0.1, -0.05) is 19.1 Å². The van der Waals surface area contributed by atoms with Crippen molar-refractivity contribution in [3.05, 3.63) is 59.7 Å². The molecule has 0 aliphatic carbocycles. The van der Waals surface area contributed by atoms with Crippen molar-refractivity contribution < 1.29 is 18.6 Å². The lowest BCUT2D eigenvalue weighted by molar-refractivity contribution is 0.199. The van der Waals surface area contributed by atoms with E-state index in [9.17, 15) is 13.9 Å². The molecular weight excluding hydrogens is 467 g/mol. The molecular formula is C19H24F2IN3O2. The summed E-state index contributed by atoms with van der Waals surface area (Å²) >= 11 is 0. The monoisotopic (exact) mass is 491 g/mol. The lowest BCUT2D eigenvalue weighted by Gasteiger charge is -2.20. The number of ether oxygens (including phenoxy) is 1. The van der Waals surface area contributed by atoms with E-state index in [4.69, 9.17) is 4.74 Å². The molecule has 0 aliphatic rings. The van der Waals surface area contributed by atoms with E-state index in [0.29, 0.717) is 30.4 Å². The second-order valence-electron chi connectivity index (χ2n) is 5.70. The normalized spacial score (nSPS) is 12.1. The zero-order chi connectivity index (χ0) is 18.9. The zero-order valence-electron chi connectivity index (χ0n) is 15.2. The predicted octanol–water partition coefficient (Wildman–Crippen LogP) is 3.81. The minimum atomic E-state index is -0.665. The number of rotatable bonds is 7. The Morgan fingerprint density at radius 3 is 2.59 bits per heavy atom. The number of aromatic hydroxyl groups is 1. The molecule has 0 saturated heterocycles. The van der Waals surface area contributed by atoms with Crippen LogP contribution in [0.15, 0.2) is 47.5 Å². The van der Waals surface area contributed by atoms with Crippen molar-refractivity contribution in [1.82, 2.24) is 10.6 Å². The number of nitrogens with zero attached hydrogens (tertiary/aromatic N) is 1. The largest absolute Gasteiger partial charge is 0.505 e. The summed E-state index contributed by atoms with van der Waals surface area (Å²) in [6, 6.07) is 10.2. The third-order valence-electron chi connectivity index (χ3n) is 3.75. The van der Waals surface area contributed by atoms with Crippen LogP contribution in [0.25, 0.3) is 0 Å². The molecule has 0 saturated carbocycles. The van der Waals surface area contributed by atoms with Crippen LogP contribution >= 0.6 is 24.0 Å². The molecule has 1 unspecified atom stereocenters. The van der Waals surface area contributed by atoms with Crippen LogP contribution in [0.3, 0.4) is 0 Å². The number of hydrogen-bond acceptors (Lipinski definition) is 3. The van der Waals surface area contributed by atoms with E-state index < -0.39 is 5.82 Å². The molecule has 2 rings (SSSR count). The van der Waals surface area contributed by atoms with Crippen molar-refractivity contribution in [2.45, 2.75) is 26.0 Å². The highest BCUT2D eigenvalue weighted by Gasteiger charge is 2.10. The first kappa shape index (κ1) is 22.9. The second kappa shape index (κ2) is 11.6. The number of guanidine groups is 1. The lowest BCUT2D eigenvalue weighted by atomic mass is 10.2. The number of benzene rings is 2. The molecule has 1 atom stereocenters. The number of phenolic OH excluding ortho intramolecular Hbond substituents is 1. The smallest absolute Gasteiger partial charge is 0.191 e. The lowest BCUT2D eigenvalue weighted by Crippen LogP contribution is -2.42. The molecule has 0 bridgehead atoms. The van der Waals surface area contributed by atoms with Crippen LogP contribution in [0.1, 0.15) is 18.9 Å². The zero-order valence-corrected chi connectivity index (χ0v) is 17.5. The maximum Gasteiger partial charge on any atom is 0.191 e. The Morgan fingerprint density at radius 1 is 1.19 bits per heavy atom.